The van der Waals surface area contributed by atoms with Crippen molar-refractivity contribution in [3.63, 3.8) is 0 Å². The van der Waals surface area contributed by atoms with Gasteiger partial charge in [-0.2, -0.15) is 0 Å². The number of aromatic nitrogens is 1. The first-order valence-corrected chi connectivity index (χ1v) is 5.57. The topological polar surface area (TPSA) is 51.2 Å². The van der Waals surface area contributed by atoms with Crippen molar-refractivity contribution in [1.29, 1.82) is 0 Å². The molecule has 0 unspecified atom stereocenters. The SMILES string of the molecule is COC(=O)c1cnc(C2=CCNCC2)s1. The Bertz CT molecular complexity index is 398. The second kappa shape index (κ2) is 4.55. The third-order valence-corrected chi connectivity index (χ3v) is 3.28. The first kappa shape index (κ1) is 10.3. The second-order valence-corrected chi connectivity index (χ2v) is 4.24. The molecule has 1 aromatic rings. The molecule has 5 heteroatoms. The minimum atomic E-state index is -0.312. The first-order valence-electron chi connectivity index (χ1n) is 4.75. The molecule has 2 rings (SSSR count). The van der Waals surface area contributed by atoms with Gasteiger partial charge in [0.2, 0.25) is 0 Å². The van der Waals surface area contributed by atoms with Gasteiger partial charge in [-0.25, -0.2) is 9.78 Å². The van der Waals surface area contributed by atoms with E-state index in [2.05, 4.69) is 21.1 Å². The zero-order chi connectivity index (χ0) is 10.7. The van der Waals surface area contributed by atoms with E-state index in [9.17, 15) is 4.79 Å². The number of methoxy groups -OCH3 is 1. The van der Waals surface area contributed by atoms with Crippen LogP contribution in [-0.4, -0.2) is 31.2 Å². The molecule has 0 bridgehead atoms. The fourth-order valence-corrected chi connectivity index (χ4v) is 2.34. The van der Waals surface area contributed by atoms with E-state index in [1.807, 2.05) is 0 Å². The molecule has 0 fully saturated rings. The van der Waals surface area contributed by atoms with Crippen LogP contribution in [0.1, 0.15) is 21.1 Å². The van der Waals surface area contributed by atoms with Gasteiger partial charge in [-0.3, -0.25) is 0 Å². The maximum Gasteiger partial charge on any atom is 0.349 e. The van der Waals surface area contributed by atoms with Gasteiger partial charge in [0.05, 0.1) is 13.3 Å². The molecular formula is C10H12N2O2S. The summed E-state index contributed by atoms with van der Waals surface area (Å²) in [5.41, 5.74) is 1.22. The van der Waals surface area contributed by atoms with E-state index in [0.29, 0.717) is 4.88 Å². The second-order valence-electron chi connectivity index (χ2n) is 3.20. The number of carbonyl (C=O) groups excluding carboxylic acids is 1. The number of carbonyl (C=O) groups is 1. The Hall–Kier alpha value is -1.20. The van der Waals surface area contributed by atoms with Crippen molar-refractivity contribution in [2.24, 2.45) is 0 Å². The Kier molecular flexibility index (Phi) is 3.13. The zero-order valence-corrected chi connectivity index (χ0v) is 9.26. The fourth-order valence-electron chi connectivity index (χ4n) is 1.43. The summed E-state index contributed by atoms with van der Waals surface area (Å²) in [6.07, 6.45) is 4.66. The van der Waals surface area contributed by atoms with Gasteiger partial charge in [0.25, 0.3) is 0 Å². The highest BCUT2D eigenvalue weighted by molar-refractivity contribution is 7.14. The van der Waals surface area contributed by atoms with Crippen molar-refractivity contribution in [2.45, 2.75) is 6.42 Å². The summed E-state index contributed by atoms with van der Waals surface area (Å²) in [6.45, 7) is 1.85. The zero-order valence-electron chi connectivity index (χ0n) is 8.45. The highest BCUT2D eigenvalue weighted by Crippen LogP contribution is 2.24. The van der Waals surface area contributed by atoms with Crippen LogP contribution < -0.4 is 5.32 Å². The van der Waals surface area contributed by atoms with Gasteiger partial charge in [0, 0.05) is 6.54 Å². The number of esters is 1. The normalized spacial score (nSPS) is 15.9. The smallest absolute Gasteiger partial charge is 0.349 e. The average molecular weight is 224 g/mol. The van der Waals surface area contributed by atoms with E-state index < -0.39 is 0 Å². The van der Waals surface area contributed by atoms with Crippen LogP contribution in [0, 0.1) is 0 Å². The third kappa shape index (κ3) is 2.24. The van der Waals surface area contributed by atoms with E-state index in [0.717, 1.165) is 24.5 Å². The summed E-state index contributed by atoms with van der Waals surface area (Å²) < 4.78 is 4.64. The number of rotatable bonds is 2. The van der Waals surface area contributed by atoms with Crippen LogP contribution in [0.2, 0.25) is 0 Å². The quantitative estimate of drug-likeness (QED) is 0.769. The minimum absolute atomic E-state index is 0.312. The average Bonchev–Trinajstić information content (AvgIpc) is 2.78. The lowest BCUT2D eigenvalue weighted by molar-refractivity contribution is 0.0606. The largest absolute Gasteiger partial charge is 0.465 e. The van der Waals surface area contributed by atoms with Gasteiger partial charge in [0.15, 0.2) is 0 Å². The predicted octanol–water partition coefficient (Wildman–Crippen LogP) is 1.31. The molecule has 0 spiro atoms. The van der Waals surface area contributed by atoms with E-state index in [1.165, 1.54) is 24.0 Å². The number of nitrogens with zero attached hydrogens (tertiary/aromatic N) is 1. The minimum Gasteiger partial charge on any atom is -0.465 e. The van der Waals surface area contributed by atoms with Gasteiger partial charge in [-0.15, -0.1) is 11.3 Å². The monoisotopic (exact) mass is 224 g/mol. The molecule has 1 aliphatic rings. The summed E-state index contributed by atoms with van der Waals surface area (Å²) in [6, 6.07) is 0. The number of hydrogen-bond acceptors (Lipinski definition) is 5. The third-order valence-electron chi connectivity index (χ3n) is 2.23. The molecule has 4 nitrogen and oxygen atoms in total. The van der Waals surface area contributed by atoms with Crippen LogP contribution in [0.15, 0.2) is 12.3 Å². The molecule has 0 saturated carbocycles. The number of thiazole rings is 1. The Morgan fingerprint density at radius 3 is 3.20 bits per heavy atom. The van der Waals surface area contributed by atoms with Gasteiger partial charge in [-0.05, 0) is 18.5 Å². The van der Waals surface area contributed by atoms with E-state index >= 15 is 0 Å². The van der Waals surface area contributed by atoms with Crippen molar-refractivity contribution < 1.29 is 9.53 Å². The van der Waals surface area contributed by atoms with Gasteiger partial charge < -0.3 is 10.1 Å². The molecule has 0 atom stereocenters. The van der Waals surface area contributed by atoms with Crippen molar-refractivity contribution in [3.8, 4) is 0 Å². The van der Waals surface area contributed by atoms with Gasteiger partial charge in [-0.1, -0.05) is 6.08 Å². The maximum atomic E-state index is 11.2. The molecule has 1 N–H and O–H groups in total. The highest BCUT2D eigenvalue weighted by atomic mass is 32.1. The molecule has 1 aromatic heterocycles. The molecule has 0 aliphatic carbocycles. The molecular weight excluding hydrogens is 212 g/mol. The lowest BCUT2D eigenvalue weighted by Gasteiger charge is -2.10. The van der Waals surface area contributed by atoms with Crippen LogP contribution in [-0.2, 0) is 4.74 Å². The van der Waals surface area contributed by atoms with E-state index in [-0.39, 0.29) is 5.97 Å². The lowest BCUT2D eigenvalue weighted by Crippen LogP contribution is -2.19. The molecule has 2 heterocycles. The van der Waals surface area contributed by atoms with E-state index in [1.54, 1.807) is 6.20 Å². The Morgan fingerprint density at radius 2 is 2.53 bits per heavy atom. The Labute approximate surface area is 92.0 Å². The molecule has 15 heavy (non-hydrogen) atoms. The standard InChI is InChI=1S/C10H12N2O2S/c1-14-10(13)8-6-12-9(15-8)7-2-4-11-5-3-7/h2,6,11H,3-5H2,1H3. The molecule has 0 amide bonds. The molecule has 80 valence electrons. The number of hydrogen-bond donors (Lipinski definition) is 1. The number of nitrogens with one attached hydrogen (secondary N) is 1. The van der Waals surface area contributed by atoms with Crippen LogP contribution >= 0.6 is 11.3 Å². The number of ether oxygens (including phenoxy) is 1. The molecule has 1 aliphatic heterocycles. The summed E-state index contributed by atoms with van der Waals surface area (Å²) in [5, 5.41) is 4.16. The summed E-state index contributed by atoms with van der Waals surface area (Å²) in [4.78, 5) is 16.0. The summed E-state index contributed by atoms with van der Waals surface area (Å²) >= 11 is 1.39. The van der Waals surface area contributed by atoms with Crippen molar-refractivity contribution in [1.82, 2.24) is 10.3 Å². The van der Waals surface area contributed by atoms with Crippen LogP contribution in [0.5, 0.6) is 0 Å². The first-order chi connectivity index (χ1) is 7.31. The van der Waals surface area contributed by atoms with Crippen LogP contribution in [0.4, 0.5) is 0 Å². The van der Waals surface area contributed by atoms with Gasteiger partial charge in [0.1, 0.15) is 9.88 Å². The van der Waals surface area contributed by atoms with Crippen LogP contribution in [0.25, 0.3) is 5.57 Å². The van der Waals surface area contributed by atoms with Crippen molar-refractivity contribution >= 4 is 22.9 Å². The Morgan fingerprint density at radius 1 is 1.67 bits per heavy atom. The summed E-state index contributed by atoms with van der Waals surface area (Å²) in [7, 11) is 1.38. The van der Waals surface area contributed by atoms with E-state index in [4.69, 9.17) is 0 Å². The maximum absolute atomic E-state index is 11.2. The molecule has 0 aromatic carbocycles. The molecule has 0 radical (unpaired) electrons. The summed E-state index contributed by atoms with van der Waals surface area (Å²) in [5.74, 6) is -0.312. The lowest BCUT2D eigenvalue weighted by atomic mass is 10.1. The fraction of sp³-hybridized carbons (Fsp3) is 0.400. The van der Waals surface area contributed by atoms with Crippen LogP contribution in [0.3, 0.4) is 0 Å². The van der Waals surface area contributed by atoms with Gasteiger partial charge >= 0.3 is 5.97 Å². The predicted molar refractivity (Wildman–Crippen MR) is 58.9 cm³/mol. The molecule has 0 saturated heterocycles. The Balaban J connectivity index is 2.19. The van der Waals surface area contributed by atoms with Crippen molar-refractivity contribution in [2.75, 3.05) is 20.2 Å². The van der Waals surface area contributed by atoms with Crippen molar-refractivity contribution in [3.05, 3.63) is 22.2 Å². The highest BCUT2D eigenvalue weighted by Gasteiger charge is 2.14.